The summed E-state index contributed by atoms with van der Waals surface area (Å²) in [6.45, 7) is 8.79. The van der Waals surface area contributed by atoms with Crippen molar-refractivity contribution in [2.75, 3.05) is 26.9 Å². The molecule has 0 radical (unpaired) electrons. The Morgan fingerprint density at radius 1 is 1.24 bits per heavy atom. The molecule has 9 nitrogen and oxygen atoms in total. The molecule has 1 aromatic carbocycles. The molecular weight excluding hydrogens is 565 g/mol. The Kier molecular flexibility index (Phi) is 7.80. The van der Waals surface area contributed by atoms with E-state index in [9.17, 15) is 4.79 Å². The van der Waals surface area contributed by atoms with Gasteiger partial charge in [-0.05, 0) is 61.3 Å². The highest BCUT2D eigenvalue weighted by molar-refractivity contribution is 6.39. The molecule has 1 saturated heterocycles. The highest BCUT2D eigenvalue weighted by Gasteiger charge is 2.50. The van der Waals surface area contributed by atoms with Crippen molar-refractivity contribution in [3.63, 3.8) is 0 Å². The number of nitrogens with zero attached hydrogens (tertiary/aromatic N) is 5. The van der Waals surface area contributed by atoms with Gasteiger partial charge in [0.2, 0.25) is 0 Å². The highest BCUT2D eigenvalue weighted by atomic mass is 35.5. The quantitative estimate of drug-likeness (QED) is 0.230. The van der Waals surface area contributed by atoms with Crippen LogP contribution in [-0.2, 0) is 16.1 Å². The van der Waals surface area contributed by atoms with Gasteiger partial charge in [0, 0.05) is 43.0 Å². The van der Waals surface area contributed by atoms with Gasteiger partial charge in [0.25, 0.3) is 0 Å². The molecule has 3 atom stereocenters. The molecule has 3 aromatic rings. The Bertz CT molecular complexity index is 1530. The molecule has 3 heterocycles. The van der Waals surface area contributed by atoms with Crippen LogP contribution in [0.4, 0.5) is 0 Å². The van der Waals surface area contributed by atoms with Crippen molar-refractivity contribution in [1.29, 1.82) is 0 Å². The van der Waals surface area contributed by atoms with Gasteiger partial charge >= 0.3 is 5.97 Å². The van der Waals surface area contributed by atoms with Crippen LogP contribution < -0.4 is 5.49 Å². The van der Waals surface area contributed by atoms with Crippen LogP contribution in [0.15, 0.2) is 51.1 Å². The number of likely N-dealkylation sites (tertiary alicyclic amines) is 1. The third-order valence-corrected chi connectivity index (χ3v) is 9.26. The Morgan fingerprint density at radius 2 is 2.02 bits per heavy atom. The number of rotatable bonds is 9. The van der Waals surface area contributed by atoms with Gasteiger partial charge < -0.3 is 14.0 Å². The molecule has 6 rings (SSSR count). The number of esters is 1. The number of pyridine rings is 1. The minimum atomic E-state index is -0.428. The fourth-order valence-corrected chi connectivity index (χ4v) is 6.94. The third kappa shape index (κ3) is 5.60. The molecule has 11 heteroatoms. The van der Waals surface area contributed by atoms with Crippen molar-refractivity contribution in [1.82, 2.24) is 14.7 Å². The Morgan fingerprint density at radius 3 is 2.71 bits per heavy atom. The van der Waals surface area contributed by atoms with Gasteiger partial charge in [0.05, 0.1) is 42.1 Å². The molecule has 41 heavy (non-hydrogen) atoms. The van der Waals surface area contributed by atoms with Crippen LogP contribution in [0.5, 0.6) is 0 Å². The maximum atomic E-state index is 11.8. The van der Waals surface area contributed by atoms with Crippen LogP contribution in [0.25, 0.3) is 11.3 Å². The van der Waals surface area contributed by atoms with E-state index in [2.05, 4.69) is 28.8 Å². The van der Waals surface area contributed by atoms with Crippen LogP contribution >= 0.6 is 23.2 Å². The zero-order valence-electron chi connectivity index (χ0n) is 23.2. The minimum absolute atomic E-state index is 0.143. The van der Waals surface area contributed by atoms with E-state index in [0.717, 1.165) is 50.1 Å². The van der Waals surface area contributed by atoms with E-state index >= 15 is 0 Å². The van der Waals surface area contributed by atoms with Gasteiger partial charge in [-0.15, -0.1) is 0 Å². The number of hydrogen-bond donors (Lipinski definition) is 0. The summed E-state index contributed by atoms with van der Waals surface area (Å²) in [5, 5.41) is 9.48. The lowest BCUT2D eigenvalue weighted by molar-refractivity contribution is 0.0328. The molecule has 3 fully saturated rings. The lowest BCUT2D eigenvalue weighted by atomic mass is 9.83. The normalized spacial score (nSPS) is 24.5. The fraction of sp³-hybridized carbons (Fsp3) is 0.467. The molecule has 1 unspecified atom stereocenters. The third-order valence-electron chi connectivity index (χ3n) is 8.63. The molecule has 0 spiro atoms. The largest absolute Gasteiger partial charge is 0.465 e. The Balaban J connectivity index is 1.11. The van der Waals surface area contributed by atoms with Crippen molar-refractivity contribution in [2.24, 2.45) is 21.4 Å². The first-order chi connectivity index (χ1) is 19.8. The van der Waals surface area contributed by atoms with Gasteiger partial charge in [0.15, 0.2) is 0 Å². The number of ether oxygens (including phenoxy) is 2. The zero-order valence-corrected chi connectivity index (χ0v) is 24.7. The van der Waals surface area contributed by atoms with E-state index in [1.807, 2.05) is 18.2 Å². The maximum Gasteiger partial charge on any atom is 0.339 e. The summed E-state index contributed by atoms with van der Waals surface area (Å²) in [6, 6.07) is 8.91. The number of hydrogen-bond acceptors (Lipinski definition) is 8. The number of methoxy groups -OCH3 is 1. The van der Waals surface area contributed by atoms with E-state index < -0.39 is 5.97 Å². The average molecular weight is 599 g/mol. The maximum absolute atomic E-state index is 11.8. The summed E-state index contributed by atoms with van der Waals surface area (Å²) in [7, 11) is 1.35. The Hall–Kier alpha value is -2.98. The van der Waals surface area contributed by atoms with Gasteiger partial charge in [0.1, 0.15) is 16.9 Å². The monoisotopic (exact) mass is 597 g/mol. The number of fused-ring (bicyclic) bond motifs is 1. The molecule has 216 valence electrons. The van der Waals surface area contributed by atoms with E-state index in [1.165, 1.54) is 11.8 Å². The lowest BCUT2D eigenvalue weighted by Crippen LogP contribution is -2.29. The van der Waals surface area contributed by atoms with Gasteiger partial charge in [-0.2, -0.15) is 5.10 Å². The molecule has 1 aliphatic heterocycles. The van der Waals surface area contributed by atoms with Crippen molar-refractivity contribution >= 4 is 35.9 Å². The zero-order chi connectivity index (χ0) is 28.7. The molecule has 0 amide bonds. The van der Waals surface area contributed by atoms with Crippen LogP contribution in [0.3, 0.4) is 0 Å². The molecule has 0 bridgehead atoms. The first kappa shape index (κ1) is 28.2. The smallest absolute Gasteiger partial charge is 0.339 e. The number of halogens is 2. The highest BCUT2D eigenvalue weighted by Crippen LogP contribution is 2.50. The predicted octanol–water partition coefficient (Wildman–Crippen LogP) is 5.75. The molecule has 0 N–H and O–H groups in total. The van der Waals surface area contributed by atoms with Crippen molar-refractivity contribution in [3.8, 4) is 11.3 Å². The summed E-state index contributed by atoms with van der Waals surface area (Å²) < 4.78 is 18.7. The van der Waals surface area contributed by atoms with Gasteiger partial charge in [-0.3, -0.25) is 9.89 Å². The number of benzene rings is 1. The first-order valence-corrected chi connectivity index (χ1v) is 14.6. The van der Waals surface area contributed by atoms with E-state index in [4.69, 9.17) is 42.2 Å². The van der Waals surface area contributed by atoms with Crippen LogP contribution in [0.2, 0.25) is 10.0 Å². The summed E-state index contributed by atoms with van der Waals surface area (Å²) in [5.41, 5.74) is 3.52. The van der Waals surface area contributed by atoms with E-state index in [1.54, 1.807) is 18.3 Å². The van der Waals surface area contributed by atoms with Crippen LogP contribution in [-0.4, -0.2) is 60.4 Å². The second-order valence-electron chi connectivity index (χ2n) is 11.5. The summed E-state index contributed by atoms with van der Waals surface area (Å²) in [6.07, 6.45) is 5.89. The minimum Gasteiger partial charge on any atom is -0.465 e. The van der Waals surface area contributed by atoms with Crippen molar-refractivity contribution in [2.45, 2.75) is 51.2 Å². The Labute approximate surface area is 248 Å². The van der Waals surface area contributed by atoms with Gasteiger partial charge in [-0.25, -0.2) is 9.47 Å². The second-order valence-corrected chi connectivity index (χ2v) is 12.3. The summed E-state index contributed by atoms with van der Waals surface area (Å²) in [4.78, 5) is 19.0. The fourth-order valence-electron chi connectivity index (χ4n) is 6.36. The molecular formula is C30H33Cl2N5O4. The second kappa shape index (κ2) is 11.4. The molecule has 3 aliphatic rings. The van der Waals surface area contributed by atoms with Gasteiger partial charge in [-0.1, -0.05) is 41.3 Å². The van der Waals surface area contributed by atoms with E-state index in [0.29, 0.717) is 57.5 Å². The summed E-state index contributed by atoms with van der Waals surface area (Å²) in [5.74, 6) is 1.37. The van der Waals surface area contributed by atoms with Crippen LogP contribution in [0, 0.1) is 11.3 Å². The number of aromatic nitrogens is 2. The lowest BCUT2D eigenvalue weighted by Gasteiger charge is -2.23. The van der Waals surface area contributed by atoms with Crippen molar-refractivity contribution < 1.29 is 18.8 Å². The SMILES string of the molecule is C=Nn1cc(C(=O)OC)cc/c1=N/CN1C[C@@H]2C[C@@H](OCc3c(-c4c(Cl)cccc4Cl)noc3C3CC3)CC2(C)C1. The number of carbonyl (C=O) groups excluding carboxylic acids is 1. The predicted molar refractivity (Wildman–Crippen MR) is 156 cm³/mol. The topological polar surface area (TPSA) is 94.5 Å². The molecule has 2 aliphatic carbocycles. The molecule has 2 aromatic heterocycles. The van der Waals surface area contributed by atoms with Crippen LogP contribution in [0.1, 0.15) is 60.2 Å². The average Bonchev–Trinajstić information content (AvgIpc) is 3.55. The first-order valence-electron chi connectivity index (χ1n) is 13.8. The standard InChI is InChI=1S/C30H33Cl2N5O4/c1-30-12-21(40-15-22-27(35-41-28(22)18-7-8-18)26-23(31)5-4-6-24(26)32)11-20(30)14-36(16-30)17-34-25-10-9-19(29(38)39-3)13-37(25)33-2/h4-6,9-10,13,18,20-21H,2,7-8,11-12,14-17H2,1,3H3/b34-25-/t20-,21+,30?/m0/s1. The van der Waals surface area contributed by atoms with E-state index in [-0.39, 0.29) is 11.5 Å². The summed E-state index contributed by atoms with van der Waals surface area (Å²) >= 11 is 13.0. The number of carbonyl (C=O) groups is 1. The molecule has 2 saturated carbocycles. The van der Waals surface area contributed by atoms with Crippen molar-refractivity contribution in [3.05, 3.63) is 68.9 Å².